The number of nitrogens with one attached hydrogen (secondary N) is 1. The molecule has 0 bridgehead atoms. The topological polar surface area (TPSA) is 46.5 Å². The summed E-state index contributed by atoms with van der Waals surface area (Å²) in [5, 5.41) is 4.46. The van der Waals surface area contributed by atoms with Gasteiger partial charge in [-0.25, -0.2) is 4.98 Å². The molecule has 0 atom stereocenters. The van der Waals surface area contributed by atoms with Crippen LogP contribution in [0.4, 0.5) is 0 Å². The first kappa shape index (κ1) is 12.9. The SMILES string of the molecule is CC(C)(C)c1cnn(CC(C)(C)c2cnc[nH]2)c1. The number of aromatic amines is 1. The van der Waals surface area contributed by atoms with E-state index < -0.39 is 0 Å². The van der Waals surface area contributed by atoms with Gasteiger partial charge in [-0.3, -0.25) is 4.68 Å². The van der Waals surface area contributed by atoms with Crippen molar-refractivity contribution in [2.75, 3.05) is 0 Å². The van der Waals surface area contributed by atoms with Gasteiger partial charge in [0.1, 0.15) is 0 Å². The summed E-state index contributed by atoms with van der Waals surface area (Å²) in [7, 11) is 0. The zero-order chi connectivity index (χ0) is 13.4. The third kappa shape index (κ3) is 2.63. The largest absolute Gasteiger partial charge is 0.348 e. The Labute approximate surface area is 108 Å². The van der Waals surface area contributed by atoms with Crippen LogP contribution in [0.1, 0.15) is 45.9 Å². The highest BCUT2D eigenvalue weighted by molar-refractivity contribution is 5.16. The van der Waals surface area contributed by atoms with Crippen molar-refractivity contribution in [3.63, 3.8) is 0 Å². The predicted molar refractivity (Wildman–Crippen MR) is 72.5 cm³/mol. The fraction of sp³-hybridized carbons (Fsp3) is 0.571. The summed E-state index contributed by atoms with van der Waals surface area (Å²) >= 11 is 0. The maximum atomic E-state index is 4.46. The fourth-order valence-corrected chi connectivity index (χ4v) is 1.95. The molecular formula is C14H22N4. The molecule has 0 fully saturated rings. The zero-order valence-electron chi connectivity index (χ0n) is 11.9. The highest BCUT2D eigenvalue weighted by Gasteiger charge is 2.24. The summed E-state index contributed by atoms with van der Waals surface area (Å²) < 4.78 is 2.02. The molecule has 1 N–H and O–H groups in total. The van der Waals surface area contributed by atoms with Crippen LogP contribution in [0.25, 0.3) is 0 Å². The molecule has 18 heavy (non-hydrogen) atoms. The first-order chi connectivity index (χ1) is 8.29. The fourth-order valence-electron chi connectivity index (χ4n) is 1.95. The van der Waals surface area contributed by atoms with Gasteiger partial charge >= 0.3 is 0 Å². The summed E-state index contributed by atoms with van der Waals surface area (Å²) in [6.45, 7) is 11.8. The van der Waals surface area contributed by atoms with Gasteiger partial charge in [0.15, 0.2) is 0 Å². The monoisotopic (exact) mass is 246 g/mol. The number of hydrogen-bond donors (Lipinski definition) is 1. The van der Waals surface area contributed by atoms with E-state index in [2.05, 4.69) is 55.9 Å². The summed E-state index contributed by atoms with van der Waals surface area (Å²) in [6.07, 6.45) is 7.70. The molecule has 0 aliphatic rings. The maximum Gasteiger partial charge on any atom is 0.0921 e. The summed E-state index contributed by atoms with van der Waals surface area (Å²) in [4.78, 5) is 7.27. The van der Waals surface area contributed by atoms with E-state index in [-0.39, 0.29) is 10.8 Å². The summed E-state index contributed by atoms with van der Waals surface area (Å²) in [5.74, 6) is 0. The Morgan fingerprint density at radius 1 is 1.17 bits per heavy atom. The maximum absolute atomic E-state index is 4.46. The lowest BCUT2D eigenvalue weighted by Gasteiger charge is -2.23. The van der Waals surface area contributed by atoms with Gasteiger partial charge in [0.25, 0.3) is 0 Å². The minimum Gasteiger partial charge on any atom is -0.348 e. The lowest BCUT2D eigenvalue weighted by Crippen LogP contribution is -2.25. The van der Waals surface area contributed by atoms with Crippen LogP contribution in [-0.4, -0.2) is 19.7 Å². The highest BCUT2D eigenvalue weighted by Crippen LogP contribution is 2.25. The second-order valence-corrected chi connectivity index (χ2v) is 6.53. The molecule has 0 unspecified atom stereocenters. The smallest absolute Gasteiger partial charge is 0.0921 e. The molecule has 0 spiro atoms. The Morgan fingerprint density at radius 3 is 2.39 bits per heavy atom. The van der Waals surface area contributed by atoms with Crippen LogP contribution >= 0.6 is 0 Å². The molecule has 0 saturated carbocycles. The molecule has 0 amide bonds. The lowest BCUT2D eigenvalue weighted by atomic mass is 9.89. The van der Waals surface area contributed by atoms with Crippen molar-refractivity contribution < 1.29 is 0 Å². The molecule has 0 aliphatic heterocycles. The Hall–Kier alpha value is -1.58. The molecule has 2 heterocycles. The van der Waals surface area contributed by atoms with Gasteiger partial charge in [0.2, 0.25) is 0 Å². The van der Waals surface area contributed by atoms with Crippen molar-refractivity contribution in [3.05, 3.63) is 36.2 Å². The Bertz CT molecular complexity index is 500. The van der Waals surface area contributed by atoms with Gasteiger partial charge in [-0.2, -0.15) is 5.10 Å². The summed E-state index contributed by atoms with van der Waals surface area (Å²) in [5.41, 5.74) is 2.55. The molecule has 2 aromatic rings. The highest BCUT2D eigenvalue weighted by atomic mass is 15.3. The number of H-pyrrole nitrogens is 1. The molecular weight excluding hydrogens is 224 g/mol. The Balaban J connectivity index is 2.17. The zero-order valence-corrected chi connectivity index (χ0v) is 11.9. The van der Waals surface area contributed by atoms with E-state index in [0.29, 0.717) is 0 Å². The minimum absolute atomic E-state index is 0.00231. The van der Waals surface area contributed by atoms with Gasteiger partial charge in [0.05, 0.1) is 19.1 Å². The van der Waals surface area contributed by atoms with Crippen molar-refractivity contribution in [3.8, 4) is 0 Å². The van der Waals surface area contributed by atoms with E-state index in [1.807, 2.05) is 17.1 Å². The van der Waals surface area contributed by atoms with Gasteiger partial charge in [0, 0.05) is 23.5 Å². The minimum atomic E-state index is -0.00231. The lowest BCUT2D eigenvalue weighted by molar-refractivity contribution is 0.399. The van der Waals surface area contributed by atoms with Crippen LogP contribution in [-0.2, 0) is 17.4 Å². The molecule has 0 saturated heterocycles. The first-order valence-electron chi connectivity index (χ1n) is 6.31. The van der Waals surface area contributed by atoms with E-state index in [1.54, 1.807) is 6.33 Å². The van der Waals surface area contributed by atoms with Crippen LogP contribution in [0.5, 0.6) is 0 Å². The average Bonchev–Trinajstić information content (AvgIpc) is 2.83. The Morgan fingerprint density at radius 2 is 1.89 bits per heavy atom. The standard InChI is InChI=1S/C14H22N4/c1-13(2,3)11-6-17-18(8-11)9-14(4,5)12-7-15-10-16-12/h6-8,10H,9H2,1-5H3,(H,15,16). The number of rotatable bonds is 3. The third-order valence-corrected chi connectivity index (χ3v) is 3.28. The van der Waals surface area contributed by atoms with E-state index in [9.17, 15) is 0 Å². The van der Waals surface area contributed by atoms with Crippen molar-refractivity contribution in [2.24, 2.45) is 0 Å². The summed E-state index contributed by atoms with van der Waals surface area (Å²) in [6, 6.07) is 0. The number of nitrogens with zero attached hydrogens (tertiary/aromatic N) is 3. The number of aromatic nitrogens is 4. The molecule has 4 nitrogen and oxygen atoms in total. The molecule has 98 valence electrons. The first-order valence-corrected chi connectivity index (χ1v) is 6.31. The predicted octanol–water partition coefficient (Wildman–Crippen LogP) is 2.88. The van der Waals surface area contributed by atoms with E-state index in [4.69, 9.17) is 0 Å². The van der Waals surface area contributed by atoms with Crippen molar-refractivity contribution in [2.45, 2.75) is 52.0 Å². The van der Waals surface area contributed by atoms with Crippen LogP contribution in [0.3, 0.4) is 0 Å². The molecule has 4 heteroatoms. The van der Waals surface area contributed by atoms with Crippen molar-refractivity contribution >= 4 is 0 Å². The Kier molecular flexibility index (Phi) is 3.05. The second kappa shape index (κ2) is 4.26. The second-order valence-electron chi connectivity index (χ2n) is 6.53. The molecule has 2 rings (SSSR count). The van der Waals surface area contributed by atoms with E-state index >= 15 is 0 Å². The van der Waals surface area contributed by atoms with Crippen LogP contribution in [0.15, 0.2) is 24.9 Å². The normalized spacial score (nSPS) is 12.9. The van der Waals surface area contributed by atoms with Gasteiger partial charge < -0.3 is 4.98 Å². The quantitative estimate of drug-likeness (QED) is 0.905. The van der Waals surface area contributed by atoms with Gasteiger partial charge in [-0.05, 0) is 11.0 Å². The molecule has 0 aromatic carbocycles. The van der Waals surface area contributed by atoms with E-state index in [1.165, 1.54) is 5.56 Å². The molecule has 0 radical (unpaired) electrons. The number of imidazole rings is 1. The van der Waals surface area contributed by atoms with Gasteiger partial charge in [-0.1, -0.05) is 34.6 Å². The van der Waals surface area contributed by atoms with Crippen molar-refractivity contribution in [1.29, 1.82) is 0 Å². The van der Waals surface area contributed by atoms with Crippen molar-refractivity contribution in [1.82, 2.24) is 19.7 Å². The average molecular weight is 246 g/mol. The van der Waals surface area contributed by atoms with E-state index in [0.717, 1.165) is 12.2 Å². The van der Waals surface area contributed by atoms with Gasteiger partial charge in [-0.15, -0.1) is 0 Å². The third-order valence-electron chi connectivity index (χ3n) is 3.28. The van der Waals surface area contributed by atoms with Crippen LogP contribution < -0.4 is 0 Å². The van der Waals surface area contributed by atoms with Crippen LogP contribution in [0.2, 0.25) is 0 Å². The number of hydrogen-bond acceptors (Lipinski definition) is 2. The van der Waals surface area contributed by atoms with Crippen LogP contribution in [0, 0.1) is 0 Å². The molecule has 0 aliphatic carbocycles. The molecule has 2 aromatic heterocycles.